The highest BCUT2D eigenvalue weighted by Gasteiger charge is 2.40. The first kappa shape index (κ1) is 57.7. The molecule has 4 fully saturated rings. The molecule has 0 saturated carbocycles. The van der Waals surface area contributed by atoms with Crippen LogP contribution in [0, 0.1) is 0 Å². The average Bonchev–Trinajstić information content (AvgIpc) is 3.52. The number of anilines is 4. The molecule has 4 amide bonds. The molecule has 0 spiro atoms. The molecule has 0 unspecified atom stereocenters. The van der Waals surface area contributed by atoms with Gasteiger partial charge in [0.2, 0.25) is 11.8 Å². The lowest BCUT2D eigenvalue weighted by Crippen LogP contribution is -2.52. The van der Waals surface area contributed by atoms with Crippen LogP contribution in [0.1, 0.15) is 59.2 Å². The van der Waals surface area contributed by atoms with Crippen molar-refractivity contribution >= 4 is 105 Å². The number of halogens is 4. The van der Waals surface area contributed by atoms with Crippen molar-refractivity contribution < 1.29 is 47.9 Å². The number of likely N-dealkylation sites (tertiary alicyclic amines) is 2. The number of hydrogen-bond acceptors (Lipinski definition) is 16. The lowest BCUT2D eigenvalue weighted by atomic mass is 10.0. The van der Waals surface area contributed by atoms with Gasteiger partial charge in [0.25, 0.3) is 11.8 Å². The maximum atomic E-state index is 14.5. The van der Waals surface area contributed by atoms with Crippen molar-refractivity contribution in [3.05, 3.63) is 104 Å². The van der Waals surface area contributed by atoms with Crippen molar-refractivity contribution in [3.63, 3.8) is 0 Å². The topological polar surface area (TPSA) is 217 Å². The summed E-state index contributed by atoms with van der Waals surface area (Å²) in [5, 5.41) is 2.99. The number of methoxy groups -OCH3 is 2. The van der Waals surface area contributed by atoms with E-state index in [4.69, 9.17) is 77.0 Å². The molecule has 8 rings (SSSR count). The van der Waals surface area contributed by atoms with E-state index in [0.29, 0.717) is 102 Å². The first-order chi connectivity index (χ1) is 37.5. The third kappa shape index (κ3) is 14.2. The van der Waals surface area contributed by atoms with Crippen LogP contribution in [0.5, 0.6) is 11.5 Å². The summed E-state index contributed by atoms with van der Waals surface area (Å²) in [4.78, 5) is 108. The molecular formula is C54H64Cl4N10O10. The first-order valence-corrected chi connectivity index (χ1v) is 27.4. The summed E-state index contributed by atoms with van der Waals surface area (Å²) in [5.74, 6) is -4.80. The minimum absolute atomic E-state index is 0.0267. The van der Waals surface area contributed by atoms with E-state index >= 15 is 0 Å². The molecule has 0 atom stereocenters. The molecule has 0 radical (unpaired) electrons. The van der Waals surface area contributed by atoms with Crippen LogP contribution in [0.4, 0.5) is 22.7 Å². The number of nitrogen functional groups attached to an aromatic ring is 2. The molecular weight excluding hydrogens is 1090 g/mol. The Morgan fingerprint density at radius 2 is 0.872 bits per heavy atom. The lowest BCUT2D eigenvalue weighted by molar-refractivity contribution is -0.215. The molecule has 4 aliphatic heterocycles. The quantitative estimate of drug-likeness (QED) is 0.0795. The Kier molecular flexibility index (Phi) is 19.6. The van der Waals surface area contributed by atoms with E-state index in [-0.39, 0.29) is 94.4 Å². The van der Waals surface area contributed by atoms with E-state index in [1.54, 1.807) is 0 Å². The van der Waals surface area contributed by atoms with Crippen LogP contribution < -0.4 is 30.7 Å². The van der Waals surface area contributed by atoms with Crippen molar-refractivity contribution in [2.24, 2.45) is 0 Å². The number of carbonyl (C=O) groups excluding carboxylic acids is 6. The van der Waals surface area contributed by atoms with E-state index in [2.05, 4.69) is 19.6 Å². The van der Waals surface area contributed by atoms with Gasteiger partial charge in [-0.1, -0.05) is 58.5 Å². The molecule has 24 heteroatoms. The third-order valence-electron chi connectivity index (χ3n) is 14.7. The summed E-state index contributed by atoms with van der Waals surface area (Å²) in [7, 11) is 2.66. The maximum absolute atomic E-state index is 14.5. The molecule has 418 valence electrons. The standard InChI is InChI=1S/C54H64Cl4N10O10/c1-75-47-33-45(59)43(57)31-41(47)51(71)67(37-9-15-61(16-10-37)19-13-49(69)65-25-21-63(22-26-65)39-7-3-5-35(55)29-39)77-53(73)54(74)78-68(52(72)42-32-44(58)46(60)34-48(42)76-2)38-11-17-62(18-12-38)20-14-50(70)66-27-23-64(24-28-66)40-8-4-6-36(56)30-40/h3-8,29-34,37-38H,9-28,59-60H2,1-2H3. The van der Waals surface area contributed by atoms with E-state index in [0.717, 1.165) is 21.5 Å². The number of rotatable bonds is 14. The zero-order chi connectivity index (χ0) is 55.6. The van der Waals surface area contributed by atoms with Gasteiger partial charge in [0, 0.05) is 138 Å². The van der Waals surface area contributed by atoms with E-state index in [1.165, 1.54) is 38.5 Å². The second-order valence-corrected chi connectivity index (χ2v) is 21.2. The highest BCUT2D eigenvalue weighted by molar-refractivity contribution is 6.34. The number of piperidine rings is 2. The van der Waals surface area contributed by atoms with Gasteiger partial charge in [0.1, 0.15) is 11.5 Å². The normalized spacial score (nSPS) is 16.8. The highest BCUT2D eigenvalue weighted by Crippen LogP contribution is 2.34. The Hall–Kier alpha value is -6.42. The summed E-state index contributed by atoms with van der Waals surface area (Å²) in [6.45, 7) is 7.54. The number of hydroxylamine groups is 4. The molecule has 20 nitrogen and oxygen atoms in total. The molecule has 0 bridgehead atoms. The molecule has 78 heavy (non-hydrogen) atoms. The van der Waals surface area contributed by atoms with Crippen molar-refractivity contribution in [1.29, 1.82) is 0 Å². The minimum atomic E-state index is -1.60. The Labute approximate surface area is 473 Å². The van der Waals surface area contributed by atoms with Crippen LogP contribution in [-0.2, 0) is 28.9 Å². The largest absolute Gasteiger partial charge is 0.496 e. The van der Waals surface area contributed by atoms with Gasteiger partial charge in [-0.2, -0.15) is 10.1 Å². The fourth-order valence-electron chi connectivity index (χ4n) is 10.2. The fourth-order valence-corrected chi connectivity index (χ4v) is 10.9. The van der Waals surface area contributed by atoms with Crippen LogP contribution in [0.25, 0.3) is 0 Å². The van der Waals surface area contributed by atoms with Gasteiger partial charge >= 0.3 is 11.9 Å². The predicted octanol–water partition coefficient (Wildman–Crippen LogP) is 6.39. The summed E-state index contributed by atoms with van der Waals surface area (Å²) in [6.07, 6.45) is 1.66. The van der Waals surface area contributed by atoms with Gasteiger partial charge in [-0.05, 0) is 74.2 Å². The van der Waals surface area contributed by atoms with Crippen molar-refractivity contribution in [2.75, 3.05) is 127 Å². The van der Waals surface area contributed by atoms with Crippen LogP contribution in [0.3, 0.4) is 0 Å². The zero-order valence-corrected chi connectivity index (χ0v) is 46.6. The molecule has 4 saturated heterocycles. The summed E-state index contributed by atoms with van der Waals surface area (Å²) in [5.41, 5.74) is 14.2. The Morgan fingerprint density at radius 3 is 1.21 bits per heavy atom. The summed E-state index contributed by atoms with van der Waals surface area (Å²) in [6, 6.07) is 19.0. The number of ether oxygens (including phenoxy) is 2. The SMILES string of the molecule is COc1cc(N)c(Cl)cc1C(=O)N(OC(=O)C(=O)ON(C(=O)c1cc(Cl)c(N)cc1OC)C1CCN(CCC(=O)N2CCN(c3cccc(Cl)c3)CC2)CC1)C1CCN(CCC(=O)N2CCN(c3cccc(Cl)c3)CC2)CC1. The van der Waals surface area contributed by atoms with Gasteiger partial charge in [-0.3, -0.25) is 19.2 Å². The van der Waals surface area contributed by atoms with Crippen molar-refractivity contribution in [3.8, 4) is 11.5 Å². The van der Waals surface area contributed by atoms with Gasteiger partial charge < -0.3 is 60.0 Å². The molecule has 4 aromatic rings. The number of benzene rings is 4. The monoisotopic (exact) mass is 1150 g/mol. The molecule has 4 N–H and O–H groups in total. The summed E-state index contributed by atoms with van der Waals surface area (Å²) >= 11 is 25.2. The number of nitrogens with zero attached hydrogens (tertiary/aromatic N) is 8. The molecule has 4 aromatic carbocycles. The molecule has 0 aromatic heterocycles. The first-order valence-electron chi connectivity index (χ1n) is 25.9. The molecule has 4 aliphatic rings. The van der Waals surface area contributed by atoms with Crippen LogP contribution in [0.2, 0.25) is 20.1 Å². The van der Waals surface area contributed by atoms with Crippen molar-refractivity contribution in [2.45, 2.75) is 50.6 Å². The highest BCUT2D eigenvalue weighted by atomic mass is 35.5. The van der Waals surface area contributed by atoms with Gasteiger partial charge in [0.05, 0.1) is 58.9 Å². The fraction of sp³-hybridized carbons (Fsp3) is 0.444. The van der Waals surface area contributed by atoms with Crippen LogP contribution in [0.15, 0.2) is 72.8 Å². The number of carbonyl (C=O) groups is 6. The second kappa shape index (κ2) is 26.5. The lowest BCUT2D eigenvalue weighted by Gasteiger charge is -2.38. The Balaban J connectivity index is 0.912. The van der Waals surface area contributed by atoms with Crippen LogP contribution in [-0.4, -0.2) is 183 Å². The molecule has 4 heterocycles. The van der Waals surface area contributed by atoms with Crippen molar-refractivity contribution in [1.82, 2.24) is 29.7 Å². The average molecular weight is 1150 g/mol. The number of hydrogen-bond donors (Lipinski definition) is 2. The number of amides is 4. The van der Waals surface area contributed by atoms with E-state index in [1.807, 2.05) is 58.3 Å². The van der Waals surface area contributed by atoms with E-state index < -0.39 is 35.8 Å². The summed E-state index contributed by atoms with van der Waals surface area (Å²) < 4.78 is 11.0. The zero-order valence-electron chi connectivity index (χ0n) is 43.6. The van der Waals surface area contributed by atoms with Gasteiger partial charge in [-0.25, -0.2) is 9.59 Å². The van der Waals surface area contributed by atoms with Gasteiger partial charge in [0.15, 0.2) is 0 Å². The van der Waals surface area contributed by atoms with E-state index in [9.17, 15) is 28.8 Å². The number of piperazine rings is 2. The minimum Gasteiger partial charge on any atom is -0.496 e. The predicted molar refractivity (Wildman–Crippen MR) is 298 cm³/mol. The maximum Gasteiger partial charge on any atom is 0.444 e. The second-order valence-electron chi connectivity index (χ2n) is 19.5. The molecule has 0 aliphatic carbocycles. The Morgan fingerprint density at radius 1 is 0.513 bits per heavy atom. The van der Waals surface area contributed by atoms with Gasteiger partial charge in [-0.15, -0.1) is 0 Å². The van der Waals surface area contributed by atoms with Crippen LogP contribution >= 0.6 is 46.4 Å². The third-order valence-corrected chi connectivity index (χ3v) is 15.8. The Bertz CT molecular complexity index is 2650. The smallest absolute Gasteiger partial charge is 0.444 e. The number of nitrogens with two attached hydrogens (primary N) is 2.